The van der Waals surface area contributed by atoms with E-state index in [4.69, 9.17) is 10.1 Å². The van der Waals surface area contributed by atoms with Crippen molar-refractivity contribution in [3.63, 3.8) is 0 Å². The van der Waals surface area contributed by atoms with Crippen molar-refractivity contribution in [2.75, 3.05) is 7.11 Å². The fourth-order valence-corrected chi connectivity index (χ4v) is 1.45. The summed E-state index contributed by atoms with van der Waals surface area (Å²) in [5.74, 6) is -2.10. The van der Waals surface area contributed by atoms with Gasteiger partial charge in [-0.3, -0.25) is 20.3 Å². The third kappa shape index (κ3) is 3.83. The predicted octanol–water partition coefficient (Wildman–Crippen LogP) is 0.995. The van der Waals surface area contributed by atoms with Crippen molar-refractivity contribution in [1.29, 1.82) is 5.41 Å². The number of nitrogens with one attached hydrogen (secondary N) is 1. The summed E-state index contributed by atoms with van der Waals surface area (Å²) in [5.41, 5.74) is 0.396. The van der Waals surface area contributed by atoms with Crippen molar-refractivity contribution < 1.29 is 24.0 Å². The first-order chi connectivity index (χ1) is 9.36. The highest BCUT2D eigenvalue weighted by Gasteiger charge is 2.21. The molecule has 1 aromatic rings. The van der Waals surface area contributed by atoms with Crippen LogP contribution < -0.4 is 5.32 Å². The number of nitrogens with two attached hydrogens (primary N) is 1. The van der Waals surface area contributed by atoms with Gasteiger partial charge in [0, 0.05) is 13.0 Å². The molecule has 0 saturated heterocycles. The third-order valence-corrected chi connectivity index (χ3v) is 2.59. The van der Waals surface area contributed by atoms with Gasteiger partial charge in [0.1, 0.15) is 11.9 Å². The summed E-state index contributed by atoms with van der Waals surface area (Å²) in [4.78, 5) is 22.7. The zero-order valence-corrected chi connectivity index (χ0v) is 11.5. The number of halogens is 1. The van der Waals surface area contributed by atoms with Gasteiger partial charge in [0.15, 0.2) is 17.3 Å². The number of aryl methyl sites for hydroxylation is 1. The van der Waals surface area contributed by atoms with Gasteiger partial charge in [-0.1, -0.05) is 6.07 Å². The number of ether oxygens (including phenoxy) is 1. The van der Waals surface area contributed by atoms with E-state index in [-0.39, 0.29) is 11.4 Å². The lowest BCUT2D eigenvalue weighted by Gasteiger charge is -2.04. The lowest BCUT2D eigenvalue weighted by atomic mass is 10.1. The highest BCUT2D eigenvalue weighted by atomic mass is 19.1. The van der Waals surface area contributed by atoms with Crippen LogP contribution in [0.5, 0.6) is 0 Å². The van der Waals surface area contributed by atoms with Crippen molar-refractivity contribution in [3.05, 3.63) is 41.5 Å². The van der Waals surface area contributed by atoms with E-state index in [0.717, 1.165) is 12.5 Å². The van der Waals surface area contributed by atoms with Crippen LogP contribution in [0.15, 0.2) is 30.2 Å². The van der Waals surface area contributed by atoms with Crippen molar-refractivity contribution in [2.24, 2.45) is 0 Å². The number of Topliss-reactive ketones (excluding diaryl/α,β-unsaturated/α-hetero) is 2. The van der Waals surface area contributed by atoms with Crippen LogP contribution in [-0.2, 0) is 14.3 Å². The molecule has 0 amide bonds. The Labute approximate surface area is 115 Å². The van der Waals surface area contributed by atoms with Gasteiger partial charge in [0.05, 0.1) is 7.11 Å². The van der Waals surface area contributed by atoms with Crippen LogP contribution in [0.2, 0.25) is 0 Å². The maximum atomic E-state index is 13.6. The van der Waals surface area contributed by atoms with Crippen LogP contribution in [0.25, 0.3) is 0 Å². The Kier molecular flexibility index (Phi) is 5.28. The second-order valence-electron chi connectivity index (χ2n) is 4.19. The molecule has 3 N–H and O–H groups in total. The zero-order valence-electron chi connectivity index (χ0n) is 11.5. The number of hydrogen-bond acceptors (Lipinski definition) is 4. The molecule has 0 aliphatic heterocycles. The van der Waals surface area contributed by atoms with Gasteiger partial charge in [-0.15, -0.1) is 0 Å². The first-order valence-corrected chi connectivity index (χ1v) is 5.86. The van der Waals surface area contributed by atoms with Crippen molar-refractivity contribution in [3.8, 4) is 0 Å². The molecule has 0 saturated carbocycles. The molecular weight excluding hydrogens is 263 g/mol. The van der Waals surface area contributed by atoms with E-state index in [0.29, 0.717) is 0 Å². The molecule has 0 aliphatic rings. The normalized spacial score (nSPS) is 11.1. The van der Waals surface area contributed by atoms with E-state index in [1.165, 1.54) is 24.7 Å². The fraction of sp³-hybridized carbons (Fsp3) is 0.214. The predicted molar refractivity (Wildman–Crippen MR) is 71.2 cm³/mol. The van der Waals surface area contributed by atoms with Crippen LogP contribution >= 0.6 is 0 Å². The van der Waals surface area contributed by atoms with Crippen LogP contribution in [0.1, 0.15) is 12.5 Å². The van der Waals surface area contributed by atoms with Gasteiger partial charge in [0.25, 0.3) is 5.78 Å². The summed E-state index contributed by atoms with van der Waals surface area (Å²) >= 11 is 0. The number of quaternary nitrogens is 1. The smallest absolute Gasteiger partial charge is 0.254 e. The molecule has 20 heavy (non-hydrogen) atoms. The van der Waals surface area contributed by atoms with Crippen molar-refractivity contribution in [2.45, 2.75) is 13.8 Å². The molecular formula is C14H16FN2O3+. The van der Waals surface area contributed by atoms with Gasteiger partial charge >= 0.3 is 0 Å². The SMILES string of the molecule is COC(=C[NH2+]c1ccc(C)cc1F)C(=O)C(=N)C(C)=O. The summed E-state index contributed by atoms with van der Waals surface area (Å²) in [5, 5.41) is 8.69. The molecule has 0 heterocycles. The maximum absolute atomic E-state index is 13.6. The number of benzene rings is 1. The quantitative estimate of drug-likeness (QED) is 0.268. The number of methoxy groups -OCH3 is 1. The number of allylic oxidation sites excluding steroid dienone is 1. The van der Waals surface area contributed by atoms with Gasteiger partial charge < -0.3 is 4.74 Å². The molecule has 0 aromatic heterocycles. The second kappa shape index (κ2) is 6.72. The van der Waals surface area contributed by atoms with Gasteiger partial charge in [-0.2, -0.15) is 0 Å². The lowest BCUT2D eigenvalue weighted by molar-refractivity contribution is -0.500. The first-order valence-electron chi connectivity index (χ1n) is 5.86. The summed E-state index contributed by atoms with van der Waals surface area (Å²) in [6.07, 6.45) is 1.24. The van der Waals surface area contributed by atoms with Crippen LogP contribution in [-0.4, -0.2) is 24.4 Å². The third-order valence-electron chi connectivity index (χ3n) is 2.59. The standard InChI is InChI=1S/C14H15FN2O3/c1-8-4-5-11(10(15)6-8)17-7-12(20-3)14(19)13(16)9(2)18/h4-7,16-17H,1-3H3/p+1. The summed E-state index contributed by atoms with van der Waals surface area (Å²) in [6, 6.07) is 4.66. The Bertz CT molecular complexity index is 594. The topological polar surface area (TPSA) is 83.8 Å². The van der Waals surface area contributed by atoms with Gasteiger partial charge in [0.2, 0.25) is 5.76 Å². The number of hydrogen-bond donors (Lipinski definition) is 2. The Morgan fingerprint density at radius 3 is 2.55 bits per heavy atom. The summed E-state index contributed by atoms with van der Waals surface area (Å²) in [6.45, 7) is 2.89. The number of carbonyl (C=O) groups excluding carboxylic acids is 2. The number of rotatable bonds is 6. The zero-order chi connectivity index (χ0) is 15.3. The van der Waals surface area contributed by atoms with Crippen molar-refractivity contribution >= 4 is 23.0 Å². The fourth-order valence-electron chi connectivity index (χ4n) is 1.45. The van der Waals surface area contributed by atoms with E-state index < -0.39 is 23.1 Å². The highest BCUT2D eigenvalue weighted by Crippen LogP contribution is 2.10. The molecule has 0 spiro atoms. The van der Waals surface area contributed by atoms with Gasteiger partial charge in [-0.25, -0.2) is 4.39 Å². The maximum Gasteiger partial charge on any atom is 0.254 e. The average Bonchev–Trinajstić information content (AvgIpc) is 2.40. The Morgan fingerprint density at radius 1 is 1.40 bits per heavy atom. The molecule has 1 aromatic carbocycles. The minimum atomic E-state index is -0.830. The minimum absolute atomic E-state index is 0.190. The van der Waals surface area contributed by atoms with E-state index in [1.807, 2.05) is 0 Å². The lowest BCUT2D eigenvalue weighted by Crippen LogP contribution is -2.72. The summed E-state index contributed by atoms with van der Waals surface area (Å²) in [7, 11) is 1.25. The van der Waals surface area contributed by atoms with Crippen LogP contribution in [0, 0.1) is 18.2 Å². The van der Waals surface area contributed by atoms with Crippen LogP contribution in [0.3, 0.4) is 0 Å². The van der Waals surface area contributed by atoms with Gasteiger partial charge in [-0.05, 0) is 18.6 Å². The Morgan fingerprint density at radius 2 is 2.05 bits per heavy atom. The Hall–Kier alpha value is -2.34. The van der Waals surface area contributed by atoms with E-state index >= 15 is 0 Å². The minimum Gasteiger partial charge on any atom is -0.488 e. The molecule has 0 aliphatic carbocycles. The molecule has 5 nitrogen and oxygen atoms in total. The molecule has 0 fully saturated rings. The molecule has 1 rings (SSSR count). The van der Waals surface area contributed by atoms with E-state index in [2.05, 4.69) is 0 Å². The molecule has 0 bridgehead atoms. The molecule has 0 radical (unpaired) electrons. The van der Waals surface area contributed by atoms with Crippen LogP contribution in [0.4, 0.5) is 10.1 Å². The molecule has 106 valence electrons. The molecule has 0 unspecified atom stereocenters. The first kappa shape index (κ1) is 15.7. The Balaban J connectivity index is 2.93. The second-order valence-corrected chi connectivity index (χ2v) is 4.19. The van der Waals surface area contributed by atoms with E-state index in [9.17, 15) is 14.0 Å². The average molecular weight is 279 g/mol. The monoisotopic (exact) mass is 279 g/mol. The summed E-state index contributed by atoms with van der Waals surface area (Å²) < 4.78 is 18.4. The largest absolute Gasteiger partial charge is 0.488 e. The van der Waals surface area contributed by atoms with E-state index in [1.54, 1.807) is 19.1 Å². The number of carbonyl (C=O) groups is 2. The molecule has 0 atom stereocenters. The molecule has 6 heteroatoms. The highest BCUT2D eigenvalue weighted by molar-refractivity contribution is 6.67. The van der Waals surface area contributed by atoms with Crippen molar-refractivity contribution in [1.82, 2.24) is 0 Å². The number of ketones is 2.